The van der Waals surface area contributed by atoms with Gasteiger partial charge in [-0.1, -0.05) is 0 Å². The van der Waals surface area contributed by atoms with E-state index in [9.17, 15) is 23.1 Å². The summed E-state index contributed by atoms with van der Waals surface area (Å²) in [7, 11) is 0. The SMILES string of the molecule is O=C(NCC1(C2(O)CCC2)CC1)c1ccncc1C(F)(F)F. The summed E-state index contributed by atoms with van der Waals surface area (Å²) >= 11 is 0. The number of nitrogens with zero attached hydrogens (tertiary/aromatic N) is 1. The molecule has 1 aromatic rings. The quantitative estimate of drug-likeness (QED) is 0.898. The van der Waals surface area contributed by atoms with Gasteiger partial charge in [0.15, 0.2) is 0 Å². The van der Waals surface area contributed by atoms with Gasteiger partial charge in [0, 0.05) is 24.4 Å². The normalized spacial score (nSPS) is 21.8. The first-order valence-electron chi connectivity index (χ1n) is 7.29. The number of pyridine rings is 1. The second kappa shape index (κ2) is 4.94. The highest BCUT2D eigenvalue weighted by molar-refractivity contribution is 5.95. The Kier molecular flexibility index (Phi) is 3.43. The molecule has 0 unspecified atom stereocenters. The molecule has 22 heavy (non-hydrogen) atoms. The minimum Gasteiger partial charge on any atom is -0.389 e. The van der Waals surface area contributed by atoms with Crippen molar-refractivity contribution in [3.05, 3.63) is 29.6 Å². The number of alkyl halides is 3. The molecule has 2 fully saturated rings. The Morgan fingerprint density at radius 2 is 2.00 bits per heavy atom. The molecule has 4 nitrogen and oxygen atoms in total. The average molecular weight is 314 g/mol. The Labute approximate surface area is 125 Å². The number of hydrogen-bond donors (Lipinski definition) is 2. The summed E-state index contributed by atoms with van der Waals surface area (Å²) in [6, 6.07) is 1.07. The summed E-state index contributed by atoms with van der Waals surface area (Å²) in [6.45, 7) is 0.210. The van der Waals surface area contributed by atoms with Crippen LogP contribution in [0.25, 0.3) is 0 Å². The number of aliphatic hydroxyl groups is 1. The molecule has 2 aliphatic rings. The zero-order chi connectivity index (χ0) is 16.0. The van der Waals surface area contributed by atoms with Gasteiger partial charge in [0.2, 0.25) is 0 Å². The number of rotatable bonds is 4. The molecule has 0 spiro atoms. The summed E-state index contributed by atoms with van der Waals surface area (Å²) in [5.41, 5.74) is -2.59. The van der Waals surface area contributed by atoms with Crippen LogP contribution in [0.2, 0.25) is 0 Å². The van der Waals surface area contributed by atoms with Gasteiger partial charge in [-0.2, -0.15) is 13.2 Å². The first-order chi connectivity index (χ1) is 10.3. The molecule has 2 saturated carbocycles. The van der Waals surface area contributed by atoms with Gasteiger partial charge in [0.1, 0.15) is 0 Å². The third-order valence-corrected chi connectivity index (χ3v) is 4.98. The minimum atomic E-state index is -4.62. The Morgan fingerprint density at radius 3 is 2.50 bits per heavy atom. The van der Waals surface area contributed by atoms with Crippen molar-refractivity contribution in [2.45, 2.75) is 43.9 Å². The highest BCUT2D eigenvalue weighted by Gasteiger charge is 2.60. The van der Waals surface area contributed by atoms with Gasteiger partial charge in [0.05, 0.1) is 16.7 Å². The van der Waals surface area contributed by atoms with Crippen molar-refractivity contribution in [2.75, 3.05) is 6.54 Å². The van der Waals surface area contributed by atoms with Crippen LogP contribution in [0.15, 0.2) is 18.5 Å². The molecule has 0 saturated heterocycles. The third-order valence-electron chi connectivity index (χ3n) is 4.98. The van der Waals surface area contributed by atoms with Crippen molar-refractivity contribution < 1.29 is 23.1 Å². The molecule has 2 aliphatic carbocycles. The van der Waals surface area contributed by atoms with E-state index < -0.39 is 28.8 Å². The lowest BCUT2D eigenvalue weighted by molar-refractivity contribution is -0.138. The molecule has 0 atom stereocenters. The van der Waals surface area contributed by atoms with Crippen molar-refractivity contribution in [1.29, 1.82) is 0 Å². The van der Waals surface area contributed by atoms with E-state index in [2.05, 4.69) is 10.3 Å². The summed E-state index contributed by atoms with van der Waals surface area (Å²) < 4.78 is 38.7. The van der Waals surface area contributed by atoms with Gasteiger partial charge in [-0.3, -0.25) is 9.78 Å². The molecule has 1 aromatic heterocycles. The van der Waals surface area contributed by atoms with Gasteiger partial charge in [-0.15, -0.1) is 0 Å². The lowest BCUT2D eigenvalue weighted by Crippen LogP contribution is -2.51. The molecule has 1 amide bonds. The van der Waals surface area contributed by atoms with E-state index in [0.29, 0.717) is 19.0 Å². The topological polar surface area (TPSA) is 62.2 Å². The van der Waals surface area contributed by atoms with E-state index >= 15 is 0 Å². The molecule has 2 N–H and O–H groups in total. The van der Waals surface area contributed by atoms with Crippen LogP contribution in [-0.2, 0) is 6.18 Å². The smallest absolute Gasteiger partial charge is 0.389 e. The van der Waals surface area contributed by atoms with E-state index in [1.807, 2.05) is 0 Å². The van der Waals surface area contributed by atoms with Gasteiger partial charge >= 0.3 is 6.18 Å². The average Bonchev–Trinajstić information content (AvgIpc) is 3.22. The van der Waals surface area contributed by atoms with Crippen molar-refractivity contribution in [1.82, 2.24) is 10.3 Å². The minimum absolute atomic E-state index is 0.210. The van der Waals surface area contributed by atoms with Crippen LogP contribution in [0, 0.1) is 5.41 Å². The predicted octanol–water partition coefficient (Wildman–Crippen LogP) is 2.53. The second-order valence-corrected chi connectivity index (χ2v) is 6.27. The Bertz CT molecular complexity index is 593. The van der Waals surface area contributed by atoms with Crippen LogP contribution in [0.5, 0.6) is 0 Å². The summed E-state index contributed by atoms with van der Waals surface area (Å²) in [4.78, 5) is 15.5. The van der Waals surface area contributed by atoms with Crippen LogP contribution in [-0.4, -0.2) is 28.1 Å². The number of hydrogen-bond acceptors (Lipinski definition) is 3. The first kappa shape index (κ1) is 15.3. The van der Waals surface area contributed by atoms with Crippen LogP contribution in [0.4, 0.5) is 13.2 Å². The van der Waals surface area contributed by atoms with Crippen molar-refractivity contribution in [3.8, 4) is 0 Å². The Morgan fingerprint density at radius 1 is 1.32 bits per heavy atom. The fourth-order valence-corrected chi connectivity index (χ4v) is 3.16. The molecule has 0 aliphatic heterocycles. The van der Waals surface area contributed by atoms with Crippen LogP contribution >= 0.6 is 0 Å². The largest absolute Gasteiger partial charge is 0.418 e. The van der Waals surface area contributed by atoms with Gasteiger partial charge in [0.25, 0.3) is 5.91 Å². The summed E-state index contributed by atoms with van der Waals surface area (Å²) in [5, 5.41) is 13.0. The lowest BCUT2D eigenvalue weighted by Gasteiger charge is -2.44. The molecule has 1 heterocycles. The maximum atomic E-state index is 12.9. The number of halogens is 3. The zero-order valence-electron chi connectivity index (χ0n) is 11.9. The molecule has 3 rings (SSSR count). The fraction of sp³-hybridized carbons (Fsp3) is 0.600. The van der Waals surface area contributed by atoms with E-state index in [4.69, 9.17) is 0 Å². The van der Waals surface area contributed by atoms with E-state index in [0.717, 1.165) is 31.5 Å². The lowest BCUT2D eigenvalue weighted by atomic mass is 9.69. The number of carbonyl (C=O) groups is 1. The standard InChI is InChI=1S/C15H17F3N2O2/c16-15(17,18)11-8-19-7-2-10(11)12(21)20-9-13(5-6-13)14(22)3-1-4-14/h2,7-8,22H,1,3-6,9H2,(H,20,21). The number of nitrogens with one attached hydrogen (secondary N) is 1. The Hall–Kier alpha value is -1.63. The maximum absolute atomic E-state index is 12.9. The molecule has 120 valence electrons. The number of amides is 1. The first-order valence-corrected chi connectivity index (χ1v) is 7.29. The second-order valence-electron chi connectivity index (χ2n) is 6.27. The molecule has 0 radical (unpaired) electrons. The van der Waals surface area contributed by atoms with Gasteiger partial charge in [-0.05, 0) is 38.2 Å². The van der Waals surface area contributed by atoms with Crippen LogP contribution in [0.3, 0.4) is 0 Å². The molecular weight excluding hydrogens is 297 g/mol. The number of carbonyl (C=O) groups excluding carboxylic acids is 1. The molecule has 0 bridgehead atoms. The third kappa shape index (κ3) is 2.47. The highest BCUT2D eigenvalue weighted by Crippen LogP contribution is 2.60. The maximum Gasteiger partial charge on any atom is 0.418 e. The predicted molar refractivity (Wildman–Crippen MR) is 72.0 cm³/mol. The molecule has 0 aromatic carbocycles. The Balaban J connectivity index is 1.71. The van der Waals surface area contributed by atoms with Gasteiger partial charge < -0.3 is 10.4 Å². The summed E-state index contributed by atoms with van der Waals surface area (Å²) in [6.07, 6.45) is 1.15. The van der Waals surface area contributed by atoms with E-state index in [1.54, 1.807) is 0 Å². The highest BCUT2D eigenvalue weighted by atomic mass is 19.4. The monoisotopic (exact) mass is 314 g/mol. The van der Waals surface area contributed by atoms with Crippen LogP contribution in [0.1, 0.15) is 48.0 Å². The molecular formula is C15H17F3N2O2. The molecule has 7 heteroatoms. The van der Waals surface area contributed by atoms with E-state index in [1.165, 1.54) is 0 Å². The zero-order valence-corrected chi connectivity index (χ0v) is 11.9. The fourth-order valence-electron chi connectivity index (χ4n) is 3.16. The van der Waals surface area contributed by atoms with Crippen molar-refractivity contribution in [3.63, 3.8) is 0 Å². The van der Waals surface area contributed by atoms with Crippen LogP contribution < -0.4 is 5.32 Å². The van der Waals surface area contributed by atoms with Gasteiger partial charge in [-0.25, -0.2) is 0 Å². The van der Waals surface area contributed by atoms with E-state index in [-0.39, 0.29) is 12.0 Å². The van der Waals surface area contributed by atoms with Crippen molar-refractivity contribution in [2.24, 2.45) is 5.41 Å². The van der Waals surface area contributed by atoms with Crippen molar-refractivity contribution >= 4 is 5.91 Å². The summed E-state index contributed by atoms with van der Waals surface area (Å²) in [5.74, 6) is -0.774. The number of aromatic nitrogens is 1.